The molecule has 3 N–H and O–H groups in total. The first kappa shape index (κ1) is 10.6. The molecule has 3 aromatic heterocycles. The van der Waals surface area contributed by atoms with E-state index in [4.69, 9.17) is 5.73 Å². The quantitative estimate of drug-likeness (QED) is 0.724. The number of nitrogens with zero attached hydrogens (tertiary/aromatic N) is 4. The smallest absolute Gasteiger partial charge is 0.282 e. The molecule has 0 aliphatic carbocycles. The summed E-state index contributed by atoms with van der Waals surface area (Å²) in [6.45, 7) is 0. The summed E-state index contributed by atoms with van der Waals surface area (Å²) in [5, 5.41) is 10.3. The monoisotopic (exact) mass is 250 g/mol. The zero-order chi connectivity index (χ0) is 12.7. The number of alkyl halides is 2. The largest absolute Gasteiger partial charge is 0.383 e. The first-order valence-electron chi connectivity index (χ1n) is 5.10. The third kappa shape index (κ3) is 1.42. The lowest BCUT2D eigenvalue weighted by molar-refractivity contribution is 0.147. The minimum Gasteiger partial charge on any atom is -0.383 e. The van der Waals surface area contributed by atoms with Crippen LogP contribution in [0.4, 0.5) is 14.6 Å². The van der Waals surface area contributed by atoms with Crippen LogP contribution < -0.4 is 5.73 Å². The number of hydrogen-bond acceptors (Lipinski definition) is 4. The normalized spacial score (nSPS) is 11.5. The van der Waals surface area contributed by atoms with Crippen molar-refractivity contribution >= 4 is 16.9 Å². The van der Waals surface area contributed by atoms with Crippen molar-refractivity contribution in [3.8, 4) is 5.82 Å². The third-order valence-corrected chi connectivity index (χ3v) is 2.51. The van der Waals surface area contributed by atoms with Crippen molar-refractivity contribution in [3.63, 3.8) is 0 Å². The number of pyridine rings is 1. The van der Waals surface area contributed by atoms with Crippen molar-refractivity contribution in [2.75, 3.05) is 5.73 Å². The lowest BCUT2D eigenvalue weighted by Crippen LogP contribution is -2.01. The number of hydrogen-bond donors (Lipinski definition) is 2. The Morgan fingerprint density at radius 3 is 2.83 bits per heavy atom. The van der Waals surface area contributed by atoms with Gasteiger partial charge in [0.05, 0.1) is 5.39 Å². The van der Waals surface area contributed by atoms with Crippen molar-refractivity contribution in [1.29, 1.82) is 0 Å². The molecule has 3 rings (SSSR count). The van der Waals surface area contributed by atoms with Crippen LogP contribution in [-0.2, 0) is 0 Å². The number of anilines is 1. The number of rotatable bonds is 2. The average Bonchev–Trinajstić information content (AvgIpc) is 2.92. The van der Waals surface area contributed by atoms with E-state index >= 15 is 0 Å². The number of nitrogens with one attached hydrogen (secondary N) is 1. The minimum atomic E-state index is -2.72. The van der Waals surface area contributed by atoms with Gasteiger partial charge in [-0.05, 0) is 12.1 Å². The molecule has 0 aliphatic rings. The van der Waals surface area contributed by atoms with Crippen molar-refractivity contribution in [2.24, 2.45) is 0 Å². The Kier molecular flexibility index (Phi) is 2.22. The van der Waals surface area contributed by atoms with Crippen molar-refractivity contribution in [3.05, 3.63) is 30.1 Å². The number of nitrogens with two attached hydrogens (primary N) is 1. The molecule has 0 bridgehead atoms. The van der Waals surface area contributed by atoms with Crippen molar-refractivity contribution in [1.82, 2.24) is 25.0 Å². The van der Waals surface area contributed by atoms with Crippen LogP contribution >= 0.6 is 0 Å². The summed E-state index contributed by atoms with van der Waals surface area (Å²) in [7, 11) is 0. The highest BCUT2D eigenvalue weighted by Gasteiger charge is 2.23. The van der Waals surface area contributed by atoms with Gasteiger partial charge in [-0.15, -0.1) is 0 Å². The van der Waals surface area contributed by atoms with Gasteiger partial charge in [-0.2, -0.15) is 14.9 Å². The third-order valence-electron chi connectivity index (χ3n) is 2.51. The molecule has 0 radical (unpaired) electrons. The second kappa shape index (κ2) is 3.76. The maximum atomic E-state index is 12.9. The summed E-state index contributed by atoms with van der Waals surface area (Å²) in [4.78, 5) is 4.04. The van der Waals surface area contributed by atoms with E-state index in [1.165, 1.54) is 4.68 Å². The van der Waals surface area contributed by atoms with Gasteiger partial charge in [0, 0.05) is 6.20 Å². The van der Waals surface area contributed by atoms with Crippen LogP contribution in [0.25, 0.3) is 16.9 Å². The molecule has 6 nitrogen and oxygen atoms in total. The molecule has 0 fully saturated rings. The number of halogens is 2. The molecule has 3 heterocycles. The first-order valence-corrected chi connectivity index (χ1v) is 5.10. The zero-order valence-electron chi connectivity index (χ0n) is 9.01. The molecule has 18 heavy (non-hydrogen) atoms. The van der Waals surface area contributed by atoms with E-state index in [0.717, 1.165) is 0 Å². The lowest BCUT2D eigenvalue weighted by atomic mass is 10.3. The van der Waals surface area contributed by atoms with Gasteiger partial charge in [-0.3, -0.25) is 5.10 Å². The molecule has 0 saturated carbocycles. The highest BCUT2D eigenvalue weighted by Crippen LogP contribution is 2.30. The Bertz CT molecular complexity index is 687. The van der Waals surface area contributed by atoms with E-state index in [0.29, 0.717) is 5.82 Å². The standard InChI is InChI=1S/C10H8F2N6/c11-8(12)7-6-9(13)15-16-10(6)18(17-7)5-3-1-2-4-14-5/h1-4,8H,(H3,13,15,16). The van der Waals surface area contributed by atoms with Gasteiger partial charge in [-0.1, -0.05) is 6.07 Å². The van der Waals surface area contributed by atoms with Gasteiger partial charge in [0.25, 0.3) is 6.43 Å². The number of aromatic amines is 1. The Hall–Kier alpha value is -2.51. The van der Waals surface area contributed by atoms with Crippen LogP contribution in [0.15, 0.2) is 24.4 Å². The predicted molar refractivity (Wildman–Crippen MR) is 60.4 cm³/mol. The van der Waals surface area contributed by atoms with Crippen LogP contribution in [-0.4, -0.2) is 25.0 Å². The summed E-state index contributed by atoms with van der Waals surface area (Å²) in [6, 6.07) is 5.09. The summed E-state index contributed by atoms with van der Waals surface area (Å²) < 4.78 is 27.0. The van der Waals surface area contributed by atoms with Crippen LogP contribution in [0, 0.1) is 0 Å². The second-order valence-electron chi connectivity index (χ2n) is 3.62. The number of H-pyrrole nitrogens is 1. The van der Waals surface area contributed by atoms with Crippen LogP contribution in [0.5, 0.6) is 0 Å². The summed E-state index contributed by atoms with van der Waals surface area (Å²) >= 11 is 0. The zero-order valence-corrected chi connectivity index (χ0v) is 9.01. The van der Waals surface area contributed by atoms with E-state index in [1.54, 1.807) is 24.4 Å². The lowest BCUT2D eigenvalue weighted by Gasteiger charge is -1.99. The van der Waals surface area contributed by atoms with Gasteiger partial charge < -0.3 is 5.73 Å². The molecule has 0 atom stereocenters. The maximum Gasteiger partial charge on any atom is 0.282 e. The van der Waals surface area contributed by atoms with Crippen LogP contribution in [0.2, 0.25) is 0 Å². The summed E-state index contributed by atoms with van der Waals surface area (Å²) in [5.74, 6) is 0.475. The van der Waals surface area contributed by atoms with E-state index < -0.39 is 12.1 Å². The number of nitrogen functional groups attached to an aromatic ring is 1. The van der Waals surface area contributed by atoms with Crippen molar-refractivity contribution < 1.29 is 8.78 Å². The van der Waals surface area contributed by atoms with E-state index in [9.17, 15) is 8.78 Å². The van der Waals surface area contributed by atoms with Gasteiger partial charge >= 0.3 is 0 Å². The average molecular weight is 250 g/mol. The SMILES string of the molecule is Nc1[nH]nc2c1c(C(F)F)nn2-c1ccccn1. The molecule has 3 aromatic rings. The van der Waals surface area contributed by atoms with E-state index in [2.05, 4.69) is 20.3 Å². The fraction of sp³-hybridized carbons (Fsp3) is 0.100. The molecule has 0 aromatic carbocycles. The Morgan fingerprint density at radius 2 is 2.17 bits per heavy atom. The highest BCUT2D eigenvalue weighted by atomic mass is 19.3. The molecule has 8 heteroatoms. The molecule has 0 spiro atoms. The Balaban J connectivity index is 2.31. The molecule has 0 aliphatic heterocycles. The molecule has 92 valence electrons. The molecular formula is C10H8F2N6. The molecule has 0 unspecified atom stereocenters. The predicted octanol–water partition coefficient (Wildman–Crippen LogP) is 1.66. The Labute approximate surface area is 99.4 Å². The fourth-order valence-electron chi connectivity index (χ4n) is 1.75. The Morgan fingerprint density at radius 1 is 1.33 bits per heavy atom. The van der Waals surface area contributed by atoms with Gasteiger partial charge in [-0.25, -0.2) is 13.8 Å². The van der Waals surface area contributed by atoms with E-state index in [1.807, 2.05) is 0 Å². The van der Waals surface area contributed by atoms with Gasteiger partial charge in [0.1, 0.15) is 11.5 Å². The molecular weight excluding hydrogens is 242 g/mol. The fourth-order valence-corrected chi connectivity index (χ4v) is 1.75. The second-order valence-corrected chi connectivity index (χ2v) is 3.62. The first-order chi connectivity index (χ1) is 8.68. The van der Waals surface area contributed by atoms with E-state index in [-0.39, 0.29) is 16.9 Å². The molecule has 0 amide bonds. The highest BCUT2D eigenvalue weighted by molar-refractivity contribution is 5.89. The van der Waals surface area contributed by atoms with Gasteiger partial charge in [0.15, 0.2) is 11.5 Å². The summed E-state index contributed by atoms with van der Waals surface area (Å²) in [6.07, 6.45) is -1.18. The van der Waals surface area contributed by atoms with Crippen LogP contribution in [0.1, 0.15) is 12.1 Å². The van der Waals surface area contributed by atoms with Crippen LogP contribution in [0.3, 0.4) is 0 Å². The minimum absolute atomic E-state index is 0.0717. The number of aromatic nitrogens is 5. The molecule has 0 saturated heterocycles. The summed E-state index contributed by atoms with van der Waals surface area (Å²) in [5.41, 5.74) is 5.42. The number of fused-ring (bicyclic) bond motifs is 1. The van der Waals surface area contributed by atoms with Gasteiger partial charge in [0.2, 0.25) is 0 Å². The maximum absolute atomic E-state index is 12.9. The van der Waals surface area contributed by atoms with Crippen molar-refractivity contribution in [2.45, 2.75) is 6.43 Å². The topological polar surface area (TPSA) is 85.4 Å².